The molecule has 1 atom stereocenters. The number of likely N-dealkylation sites (tertiary alicyclic amines) is 1. The van der Waals surface area contributed by atoms with Crippen molar-refractivity contribution in [3.63, 3.8) is 0 Å². The summed E-state index contributed by atoms with van der Waals surface area (Å²) in [5.74, 6) is -1.30. The molecule has 1 aliphatic rings. The molecule has 2 heterocycles. The Kier molecular flexibility index (Phi) is 3.78. The molecule has 1 unspecified atom stereocenters. The van der Waals surface area contributed by atoms with Gasteiger partial charge in [0.1, 0.15) is 12.4 Å². The highest BCUT2D eigenvalue weighted by molar-refractivity contribution is 5.79. The highest BCUT2D eigenvalue weighted by atomic mass is 19.4. The summed E-state index contributed by atoms with van der Waals surface area (Å²) >= 11 is 0. The fourth-order valence-electron chi connectivity index (χ4n) is 2.42. The van der Waals surface area contributed by atoms with E-state index >= 15 is 0 Å². The number of alkyl halides is 3. The van der Waals surface area contributed by atoms with Crippen LogP contribution in [0.5, 0.6) is 0 Å². The first-order chi connectivity index (χ1) is 10.8. The Bertz CT molecular complexity index is 712. The molecule has 0 saturated carbocycles. The second-order valence-corrected chi connectivity index (χ2v) is 5.25. The average molecular weight is 329 g/mol. The van der Waals surface area contributed by atoms with Crippen molar-refractivity contribution in [1.29, 1.82) is 0 Å². The maximum absolute atomic E-state index is 12.9. The quantitative estimate of drug-likeness (QED) is 0.813. The molecule has 0 radical (unpaired) electrons. The van der Waals surface area contributed by atoms with Gasteiger partial charge in [-0.2, -0.15) is 18.2 Å². The fourth-order valence-corrected chi connectivity index (χ4v) is 2.42. The lowest BCUT2D eigenvalue weighted by Crippen LogP contribution is -2.35. The molecule has 0 aliphatic carbocycles. The summed E-state index contributed by atoms with van der Waals surface area (Å²) in [7, 11) is 0. The number of aromatic nitrogens is 2. The third-order valence-electron chi connectivity index (χ3n) is 3.48. The number of hydrogen-bond donors (Lipinski definition) is 0. The van der Waals surface area contributed by atoms with Gasteiger partial charge in [0.05, 0.1) is 5.92 Å². The van der Waals surface area contributed by atoms with Crippen molar-refractivity contribution in [2.75, 3.05) is 13.1 Å². The van der Waals surface area contributed by atoms with Gasteiger partial charge in [0.15, 0.2) is 0 Å². The van der Waals surface area contributed by atoms with Crippen molar-refractivity contribution >= 4 is 5.91 Å². The highest BCUT2D eigenvalue weighted by Crippen LogP contribution is 2.30. The third-order valence-corrected chi connectivity index (χ3v) is 3.48. The van der Waals surface area contributed by atoms with Gasteiger partial charge in [0, 0.05) is 18.5 Å². The average Bonchev–Trinajstić information content (AvgIpc) is 3.06. The number of hydrogen-bond acceptors (Lipinski definition) is 4. The largest absolute Gasteiger partial charge is 0.406 e. The van der Waals surface area contributed by atoms with E-state index in [4.69, 9.17) is 4.52 Å². The molecule has 122 valence electrons. The van der Waals surface area contributed by atoms with Crippen LogP contribution in [0.15, 0.2) is 28.8 Å². The van der Waals surface area contributed by atoms with Gasteiger partial charge in [0.25, 0.3) is 0 Å². The summed E-state index contributed by atoms with van der Waals surface area (Å²) in [6.07, 6.45) is -4.56. The zero-order chi connectivity index (χ0) is 16.6. The van der Waals surface area contributed by atoms with Crippen LogP contribution in [0, 0.1) is 5.82 Å². The molecular formula is C14H11F4N3O2. The number of amides is 1. The molecule has 1 saturated heterocycles. The van der Waals surface area contributed by atoms with Gasteiger partial charge in [-0.25, -0.2) is 4.39 Å². The standard InChI is InChI=1S/C14H11F4N3O2/c15-10-3-1-8(2-4-10)12-19-13(23-20-12)9-5-11(22)21(6-9)7-14(16,17)18/h1-4,9H,5-7H2. The smallest absolute Gasteiger partial charge is 0.339 e. The first-order valence-electron chi connectivity index (χ1n) is 6.76. The van der Waals surface area contributed by atoms with Gasteiger partial charge in [-0.3, -0.25) is 4.79 Å². The van der Waals surface area contributed by atoms with E-state index in [9.17, 15) is 22.4 Å². The number of carbonyl (C=O) groups excluding carboxylic acids is 1. The van der Waals surface area contributed by atoms with Crippen molar-refractivity contribution in [2.24, 2.45) is 0 Å². The lowest BCUT2D eigenvalue weighted by molar-refractivity contribution is -0.157. The number of carbonyl (C=O) groups is 1. The molecule has 0 bridgehead atoms. The van der Waals surface area contributed by atoms with Gasteiger partial charge in [-0.05, 0) is 24.3 Å². The second kappa shape index (κ2) is 5.64. The molecular weight excluding hydrogens is 318 g/mol. The molecule has 1 aromatic carbocycles. The van der Waals surface area contributed by atoms with Crippen LogP contribution < -0.4 is 0 Å². The number of halogens is 4. The molecule has 1 aliphatic heterocycles. The van der Waals surface area contributed by atoms with Crippen LogP contribution in [0.3, 0.4) is 0 Å². The maximum Gasteiger partial charge on any atom is 0.406 e. The van der Waals surface area contributed by atoms with Crippen LogP contribution in [0.25, 0.3) is 11.4 Å². The summed E-state index contributed by atoms with van der Waals surface area (Å²) in [5, 5.41) is 3.72. The zero-order valence-electron chi connectivity index (χ0n) is 11.7. The van der Waals surface area contributed by atoms with Crippen molar-refractivity contribution in [3.8, 4) is 11.4 Å². The van der Waals surface area contributed by atoms with E-state index in [0.29, 0.717) is 5.56 Å². The van der Waals surface area contributed by atoms with Crippen LogP contribution in [-0.2, 0) is 4.79 Å². The van der Waals surface area contributed by atoms with E-state index in [-0.39, 0.29) is 24.7 Å². The summed E-state index contributed by atoms with van der Waals surface area (Å²) in [4.78, 5) is 16.5. The first kappa shape index (κ1) is 15.4. The van der Waals surface area contributed by atoms with E-state index < -0.39 is 30.4 Å². The Morgan fingerprint density at radius 2 is 1.96 bits per heavy atom. The maximum atomic E-state index is 12.9. The van der Waals surface area contributed by atoms with E-state index in [0.717, 1.165) is 4.90 Å². The molecule has 23 heavy (non-hydrogen) atoms. The molecule has 0 spiro atoms. The van der Waals surface area contributed by atoms with Gasteiger partial charge < -0.3 is 9.42 Å². The van der Waals surface area contributed by atoms with Gasteiger partial charge in [0.2, 0.25) is 17.6 Å². The molecule has 9 heteroatoms. The number of rotatable bonds is 3. The predicted molar refractivity (Wildman–Crippen MR) is 69.7 cm³/mol. The Labute approximate surface area is 127 Å². The topological polar surface area (TPSA) is 59.2 Å². The second-order valence-electron chi connectivity index (χ2n) is 5.25. The molecule has 3 rings (SSSR count). The fraction of sp³-hybridized carbons (Fsp3) is 0.357. The Balaban J connectivity index is 1.74. The van der Waals surface area contributed by atoms with Gasteiger partial charge >= 0.3 is 6.18 Å². The van der Waals surface area contributed by atoms with Crippen LogP contribution in [0.4, 0.5) is 17.6 Å². The van der Waals surface area contributed by atoms with Crippen molar-refractivity contribution in [1.82, 2.24) is 15.0 Å². The van der Waals surface area contributed by atoms with Crippen molar-refractivity contribution < 1.29 is 26.9 Å². The van der Waals surface area contributed by atoms with Crippen LogP contribution >= 0.6 is 0 Å². The Hall–Kier alpha value is -2.45. The Morgan fingerprint density at radius 1 is 1.26 bits per heavy atom. The molecule has 2 aromatic rings. The van der Waals surface area contributed by atoms with Crippen LogP contribution in [0.1, 0.15) is 18.2 Å². The lowest BCUT2D eigenvalue weighted by Gasteiger charge is -2.17. The minimum atomic E-state index is -4.45. The predicted octanol–water partition coefficient (Wildman–Crippen LogP) is 2.75. The molecule has 1 fully saturated rings. The minimum absolute atomic E-state index is 0.0994. The minimum Gasteiger partial charge on any atom is -0.339 e. The highest BCUT2D eigenvalue weighted by Gasteiger charge is 2.40. The van der Waals surface area contributed by atoms with Crippen LogP contribution in [0.2, 0.25) is 0 Å². The third kappa shape index (κ3) is 3.49. The van der Waals surface area contributed by atoms with Crippen molar-refractivity contribution in [3.05, 3.63) is 36.0 Å². The van der Waals surface area contributed by atoms with Crippen LogP contribution in [-0.4, -0.2) is 40.2 Å². The molecule has 1 aromatic heterocycles. The normalized spacial score (nSPS) is 18.7. The number of nitrogens with zero attached hydrogens (tertiary/aromatic N) is 3. The Morgan fingerprint density at radius 3 is 2.61 bits per heavy atom. The zero-order valence-corrected chi connectivity index (χ0v) is 11.7. The van der Waals surface area contributed by atoms with E-state index in [2.05, 4.69) is 10.1 Å². The van der Waals surface area contributed by atoms with E-state index in [1.165, 1.54) is 24.3 Å². The van der Waals surface area contributed by atoms with Gasteiger partial charge in [-0.15, -0.1) is 0 Å². The summed E-state index contributed by atoms with van der Waals surface area (Å²) in [6.45, 7) is -1.41. The SMILES string of the molecule is O=C1CC(c2nc(-c3ccc(F)cc3)no2)CN1CC(F)(F)F. The molecule has 0 N–H and O–H groups in total. The summed E-state index contributed by atoms with van der Waals surface area (Å²) in [6, 6.07) is 5.38. The van der Waals surface area contributed by atoms with E-state index in [1.807, 2.05) is 0 Å². The monoisotopic (exact) mass is 329 g/mol. The molecule has 5 nitrogen and oxygen atoms in total. The summed E-state index contributed by atoms with van der Waals surface area (Å²) in [5.41, 5.74) is 0.512. The summed E-state index contributed by atoms with van der Waals surface area (Å²) < 4.78 is 55.1. The van der Waals surface area contributed by atoms with Crippen molar-refractivity contribution in [2.45, 2.75) is 18.5 Å². The molecule has 1 amide bonds. The van der Waals surface area contributed by atoms with Gasteiger partial charge in [-0.1, -0.05) is 5.16 Å². The number of benzene rings is 1. The first-order valence-corrected chi connectivity index (χ1v) is 6.76. The lowest BCUT2D eigenvalue weighted by atomic mass is 10.1. The van der Waals surface area contributed by atoms with E-state index in [1.54, 1.807) is 0 Å².